The monoisotopic (exact) mass is 1380 g/mol. The average molecular weight is 1380 g/mol. The molecule has 4 rings (SSSR count). The van der Waals surface area contributed by atoms with Gasteiger partial charge in [-0.25, -0.2) is 0 Å². The van der Waals surface area contributed by atoms with Gasteiger partial charge in [0.05, 0.1) is 38.9 Å². The summed E-state index contributed by atoms with van der Waals surface area (Å²) in [5, 5.41) is 0. The molecule has 0 fully saturated rings. The van der Waals surface area contributed by atoms with E-state index in [1.165, 1.54) is 89.9 Å². The number of ether oxygens (including phenoxy) is 6. The van der Waals surface area contributed by atoms with Gasteiger partial charge in [0.1, 0.15) is 34.2 Å². The van der Waals surface area contributed by atoms with Gasteiger partial charge >= 0.3 is 23.9 Å². The Kier molecular flexibility index (Phi) is 40.2. The molecule has 0 aromatic heterocycles. The highest BCUT2D eigenvalue weighted by atomic mass is 33.1. The number of rotatable bonds is 51. The van der Waals surface area contributed by atoms with E-state index in [0.717, 1.165) is 219 Å². The highest BCUT2D eigenvalue weighted by Crippen LogP contribution is 2.47. The van der Waals surface area contributed by atoms with E-state index in [1.807, 2.05) is 49.3 Å². The zero-order valence-electron chi connectivity index (χ0n) is 64.5. The molecule has 14 heteroatoms. The van der Waals surface area contributed by atoms with Crippen LogP contribution in [0.2, 0.25) is 0 Å². The number of esters is 4. The van der Waals surface area contributed by atoms with E-state index in [4.69, 9.17) is 28.4 Å². The Bertz CT molecular complexity index is 2450. The Morgan fingerprint density at radius 2 is 0.740 bits per heavy atom. The second-order valence-electron chi connectivity index (χ2n) is 31.2. The van der Waals surface area contributed by atoms with Crippen LogP contribution in [0, 0.1) is 77.0 Å². The predicted octanol–water partition coefficient (Wildman–Crippen LogP) is 21.3. The zero-order chi connectivity index (χ0) is 70.8. The van der Waals surface area contributed by atoms with Crippen molar-refractivity contribution in [3.63, 3.8) is 0 Å². The molecule has 2 aliphatic heterocycles. The topological polar surface area (TPSA) is 130 Å². The molecule has 2 aromatic rings. The van der Waals surface area contributed by atoms with Gasteiger partial charge in [-0.1, -0.05) is 181 Å². The molecule has 0 radical (unpaired) electrons. The molecule has 2 heterocycles. The molecule has 0 bridgehead atoms. The van der Waals surface area contributed by atoms with Crippen molar-refractivity contribution in [3.05, 3.63) is 44.5 Å². The summed E-state index contributed by atoms with van der Waals surface area (Å²) in [6.07, 6.45) is 30.0. The fourth-order valence-electron chi connectivity index (χ4n) is 14.3. The summed E-state index contributed by atoms with van der Waals surface area (Å²) in [7, 11) is 3.83. The summed E-state index contributed by atoms with van der Waals surface area (Å²) in [4.78, 5) is 56.6. The van der Waals surface area contributed by atoms with Crippen molar-refractivity contribution in [2.24, 2.45) is 35.5 Å². The first-order chi connectivity index (χ1) is 45.7. The lowest BCUT2D eigenvalue weighted by atomic mass is 9.83. The lowest BCUT2D eigenvalue weighted by Crippen LogP contribution is -2.37. The van der Waals surface area contributed by atoms with Crippen LogP contribution in [0.5, 0.6) is 23.0 Å². The van der Waals surface area contributed by atoms with Gasteiger partial charge in [0.25, 0.3) is 0 Å². The second kappa shape index (κ2) is 45.4. The SMILES string of the molecule is CCN(CCCCOC(=O)CCC(=O)Oc1c(C)c(C)c2c(c1C)CCC(C)(CCCC(C)CCCC(C)CCCC(C)C)O2)CCSSCCN(CC)CCCCOC(=O)CCC(=O)Oc1c(C)c(C)c2c(c1C)CCC(C)(CCCC(C)CCCC(C)CCCC(C)C)O2. The minimum Gasteiger partial charge on any atom is -0.487 e. The van der Waals surface area contributed by atoms with Crippen LogP contribution in [0.3, 0.4) is 0 Å². The lowest BCUT2D eigenvalue weighted by molar-refractivity contribution is -0.147. The van der Waals surface area contributed by atoms with Crippen LogP contribution < -0.4 is 18.9 Å². The van der Waals surface area contributed by atoms with E-state index in [0.29, 0.717) is 24.7 Å². The number of benzene rings is 2. The lowest BCUT2D eigenvalue weighted by Gasteiger charge is -2.38. The molecule has 12 nitrogen and oxygen atoms in total. The third-order valence-corrected chi connectivity index (χ3v) is 23.8. The van der Waals surface area contributed by atoms with E-state index in [2.05, 4.69) is 107 Å². The number of carbonyl (C=O) groups is 4. The largest absolute Gasteiger partial charge is 0.487 e. The third kappa shape index (κ3) is 31.6. The maximum absolute atomic E-state index is 13.1. The van der Waals surface area contributed by atoms with E-state index in [1.54, 1.807) is 0 Å². The predicted molar refractivity (Wildman–Crippen MR) is 405 cm³/mol. The van der Waals surface area contributed by atoms with E-state index < -0.39 is 11.9 Å². The minimum absolute atomic E-state index is 0.00333. The summed E-state index contributed by atoms with van der Waals surface area (Å²) >= 11 is 0. The third-order valence-electron chi connectivity index (χ3n) is 21.4. The molecule has 2 aliphatic rings. The van der Waals surface area contributed by atoms with Crippen LogP contribution in [0.4, 0.5) is 0 Å². The highest BCUT2D eigenvalue weighted by Gasteiger charge is 2.37. The first-order valence-electron chi connectivity index (χ1n) is 38.7. The second-order valence-corrected chi connectivity index (χ2v) is 33.9. The minimum atomic E-state index is -0.419. The Morgan fingerprint density at radius 1 is 0.417 bits per heavy atom. The number of nitrogens with zero attached hydrogens (tertiary/aromatic N) is 2. The van der Waals surface area contributed by atoms with Gasteiger partial charge in [-0.15, -0.1) is 0 Å². The number of hydrogen-bond acceptors (Lipinski definition) is 14. The van der Waals surface area contributed by atoms with Crippen molar-refractivity contribution in [2.45, 2.75) is 328 Å². The van der Waals surface area contributed by atoms with Gasteiger partial charge < -0.3 is 38.2 Å². The van der Waals surface area contributed by atoms with Crippen LogP contribution in [0.25, 0.3) is 0 Å². The summed E-state index contributed by atoms with van der Waals surface area (Å²) in [6, 6.07) is 0. The van der Waals surface area contributed by atoms with Gasteiger partial charge in [0, 0.05) is 35.7 Å². The van der Waals surface area contributed by atoms with Crippen LogP contribution >= 0.6 is 21.6 Å². The maximum Gasteiger partial charge on any atom is 0.311 e. The molecular formula is C82H140N2O10S2. The quantitative estimate of drug-likeness (QED) is 0.0269. The van der Waals surface area contributed by atoms with Crippen molar-refractivity contribution < 1.29 is 47.6 Å². The maximum atomic E-state index is 13.1. The Balaban J connectivity index is 1.01. The normalized spacial score (nSPS) is 17.4. The molecule has 0 spiro atoms. The van der Waals surface area contributed by atoms with Crippen LogP contribution in [0.15, 0.2) is 0 Å². The number of fused-ring (bicyclic) bond motifs is 2. The molecular weight excluding hydrogens is 1240 g/mol. The zero-order valence-corrected chi connectivity index (χ0v) is 66.2. The summed E-state index contributed by atoms with van der Waals surface area (Å²) < 4.78 is 36.8. The summed E-state index contributed by atoms with van der Waals surface area (Å²) in [5.74, 6) is 8.35. The molecule has 550 valence electrons. The molecule has 6 atom stereocenters. The van der Waals surface area contributed by atoms with Crippen LogP contribution in [-0.2, 0) is 41.5 Å². The summed E-state index contributed by atoms with van der Waals surface area (Å²) in [5.41, 5.74) is 7.64. The van der Waals surface area contributed by atoms with Gasteiger partial charge in [0.15, 0.2) is 0 Å². The Morgan fingerprint density at radius 3 is 1.07 bits per heavy atom. The van der Waals surface area contributed by atoms with E-state index in [-0.39, 0.29) is 48.8 Å². The standard InChI is InChI=1S/C82H140N2O10S2/c1-19-83(51-21-23-55-89-73(85)41-43-75(87)91-77-65(11)67(13)79-71(69(77)15)45-49-81(17,93-79)47-29-39-63(9)37-27-35-61(7)33-25-31-59(3)4)53-57-95-96-58-54-84(20-2)52-22-24-56-90-74(86)42-44-76(88)92-78-66(12)68(14)80-72(70(78)16)46-50-82(18,94-80)48-30-40-64(10)38-28-36-62(8)34-26-32-60(5)6/h59-64H,19-58H2,1-18H3. The average Bonchev–Trinajstić information content (AvgIpc) is 0.769. The van der Waals surface area contributed by atoms with Gasteiger partial charge in [-0.2, -0.15) is 0 Å². The summed E-state index contributed by atoms with van der Waals surface area (Å²) in [6.45, 7) is 46.6. The molecule has 0 aliphatic carbocycles. The van der Waals surface area contributed by atoms with Crippen LogP contribution in [0.1, 0.15) is 307 Å². The number of carbonyl (C=O) groups excluding carboxylic acids is 4. The molecule has 0 amide bonds. The highest BCUT2D eigenvalue weighted by molar-refractivity contribution is 8.76. The van der Waals surface area contributed by atoms with E-state index in [9.17, 15) is 19.2 Å². The van der Waals surface area contributed by atoms with Crippen molar-refractivity contribution in [1.29, 1.82) is 0 Å². The Labute approximate surface area is 595 Å². The molecule has 0 N–H and O–H groups in total. The fourth-order valence-corrected chi connectivity index (χ4v) is 16.3. The molecule has 6 unspecified atom stereocenters. The Hall–Kier alpha value is -3.46. The van der Waals surface area contributed by atoms with Crippen LogP contribution in [-0.4, -0.2) is 109 Å². The molecule has 0 saturated carbocycles. The first kappa shape index (κ1) is 85.0. The number of hydrogen-bond donors (Lipinski definition) is 0. The molecule has 96 heavy (non-hydrogen) atoms. The number of unbranched alkanes of at least 4 members (excludes halogenated alkanes) is 2. The van der Waals surface area contributed by atoms with Gasteiger partial charge in [-0.3, -0.25) is 19.2 Å². The molecule has 0 saturated heterocycles. The fraction of sp³-hybridized carbons (Fsp3) is 0.805. The van der Waals surface area contributed by atoms with Gasteiger partial charge in [-0.05, 0) is 228 Å². The smallest absolute Gasteiger partial charge is 0.311 e. The van der Waals surface area contributed by atoms with Crippen molar-refractivity contribution in [1.82, 2.24) is 9.80 Å². The van der Waals surface area contributed by atoms with Crippen molar-refractivity contribution in [3.8, 4) is 23.0 Å². The molecule has 2 aromatic carbocycles. The van der Waals surface area contributed by atoms with E-state index >= 15 is 0 Å². The first-order valence-corrected chi connectivity index (χ1v) is 41.2. The van der Waals surface area contributed by atoms with Crippen molar-refractivity contribution in [2.75, 3.05) is 64.0 Å². The van der Waals surface area contributed by atoms with Gasteiger partial charge in [0.2, 0.25) is 0 Å². The van der Waals surface area contributed by atoms with Crippen molar-refractivity contribution >= 4 is 45.5 Å².